The van der Waals surface area contributed by atoms with Gasteiger partial charge in [-0.1, -0.05) is 6.07 Å². The van der Waals surface area contributed by atoms with E-state index in [0.717, 1.165) is 11.4 Å². The van der Waals surface area contributed by atoms with Crippen LogP contribution in [0.5, 0.6) is 0 Å². The molecule has 0 aliphatic carbocycles. The predicted molar refractivity (Wildman–Crippen MR) is 85.2 cm³/mol. The summed E-state index contributed by atoms with van der Waals surface area (Å²) in [7, 11) is 2.65. The minimum Gasteiger partial charge on any atom is -0.466 e. The molecule has 6 heteroatoms. The summed E-state index contributed by atoms with van der Waals surface area (Å²) >= 11 is 0. The maximum absolute atomic E-state index is 11.2. The van der Waals surface area contributed by atoms with Gasteiger partial charge < -0.3 is 20.1 Å². The standard InChI is InChI=1S/C16H20N2O4/c1-11(8-15(19)21-3)17-13-6-5-7-14(10-13)18-12(2)9-16(20)22-4/h5-10,17-18H,1-4H3/b11-8-,12-9-. The van der Waals surface area contributed by atoms with Gasteiger partial charge in [0.2, 0.25) is 0 Å². The second-order valence-corrected chi connectivity index (χ2v) is 4.53. The average Bonchev–Trinajstić information content (AvgIpc) is 2.46. The Morgan fingerprint density at radius 2 is 1.32 bits per heavy atom. The number of hydrogen-bond donors (Lipinski definition) is 2. The summed E-state index contributed by atoms with van der Waals surface area (Å²) in [4.78, 5) is 22.3. The van der Waals surface area contributed by atoms with Gasteiger partial charge in [-0.3, -0.25) is 0 Å². The van der Waals surface area contributed by atoms with Crippen molar-refractivity contribution >= 4 is 23.3 Å². The summed E-state index contributed by atoms with van der Waals surface area (Å²) in [5, 5.41) is 6.16. The van der Waals surface area contributed by atoms with E-state index in [1.54, 1.807) is 13.8 Å². The maximum Gasteiger partial charge on any atom is 0.332 e. The molecule has 0 aromatic heterocycles. The van der Waals surface area contributed by atoms with Gasteiger partial charge in [0, 0.05) is 34.9 Å². The van der Waals surface area contributed by atoms with E-state index in [0.29, 0.717) is 11.4 Å². The van der Waals surface area contributed by atoms with Gasteiger partial charge in [0.25, 0.3) is 0 Å². The van der Waals surface area contributed by atoms with Crippen LogP contribution >= 0.6 is 0 Å². The van der Waals surface area contributed by atoms with Crippen molar-refractivity contribution in [2.24, 2.45) is 0 Å². The van der Waals surface area contributed by atoms with Crippen LogP contribution in [0.25, 0.3) is 0 Å². The van der Waals surface area contributed by atoms with Crippen LogP contribution in [-0.2, 0) is 19.1 Å². The smallest absolute Gasteiger partial charge is 0.332 e. The van der Waals surface area contributed by atoms with E-state index in [-0.39, 0.29) is 0 Å². The van der Waals surface area contributed by atoms with E-state index >= 15 is 0 Å². The third-order valence-corrected chi connectivity index (χ3v) is 2.62. The average molecular weight is 304 g/mol. The molecule has 0 saturated carbocycles. The van der Waals surface area contributed by atoms with Crippen molar-refractivity contribution in [3.8, 4) is 0 Å². The number of hydrogen-bond acceptors (Lipinski definition) is 6. The van der Waals surface area contributed by atoms with Gasteiger partial charge in [-0.15, -0.1) is 0 Å². The van der Waals surface area contributed by atoms with Gasteiger partial charge in [-0.05, 0) is 32.0 Å². The molecule has 0 radical (unpaired) electrons. The number of esters is 2. The van der Waals surface area contributed by atoms with Gasteiger partial charge in [-0.2, -0.15) is 0 Å². The van der Waals surface area contributed by atoms with Crippen molar-refractivity contribution < 1.29 is 19.1 Å². The highest BCUT2D eigenvalue weighted by Gasteiger charge is 2.01. The maximum atomic E-state index is 11.2. The lowest BCUT2D eigenvalue weighted by Crippen LogP contribution is -2.04. The SMILES string of the molecule is COC(=O)/C=C(/C)Nc1cccc(N/C(C)=C\C(=O)OC)c1. The molecule has 0 amide bonds. The fourth-order valence-electron chi connectivity index (χ4n) is 1.67. The molecule has 0 atom stereocenters. The van der Waals surface area contributed by atoms with E-state index in [2.05, 4.69) is 20.1 Å². The Morgan fingerprint density at radius 3 is 1.68 bits per heavy atom. The van der Waals surface area contributed by atoms with Crippen molar-refractivity contribution in [2.45, 2.75) is 13.8 Å². The molecule has 6 nitrogen and oxygen atoms in total. The zero-order valence-electron chi connectivity index (χ0n) is 13.1. The first-order valence-electron chi connectivity index (χ1n) is 6.61. The van der Waals surface area contributed by atoms with Gasteiger partial charge in [0.15, 0.2) is 0 Å². The van der Waals surface area contributed by atoms with Gasteiger partial charge in [0.05, 0.1) is 14.2 Å². The summed E-state index contributed by atoms with van der Waals surface area (Å²) in [5.74, 6) is -0.840. The van der Waals surface area contributed by atoms with Gasteiger partial charge in [0.1, 0.15) is 0 Å². The normalized spacial score (nSPS) is 11.6. The molecule has 0 aliphatic heterocycles. The highest BCUT2D eigenvalue weighted by molar-refractivity contribution is 5.84. The summed E-state index contributed by atoms with van der Waals surface area (Å²) in [6.45, 7) is 3.53. The first-order chi connectivity index (χ1) is 10.4. The second-order valence-electron chi connectivity index (χ2n) is 4.53. The third kappa shape index (κ3) is 6.13. The summed E-state index contributed by atoms with van der Waals surface area (Å²) in [5.41, 5.74) is 2.92. The number of ether oxygens (including phenoxy) is 2. The van der Waals surface area contributed by atoms with E-state index in [4.69, 9.17) is 0 Å². The molecule has 1 aromatic carbocycles. The molecule has 0 aliphatic rings. The number of carbonyl (C=O) groups is 2. The largest absolute Gasteiger partial charge is 0.466 e. The zero-order chi connectivity index (χ0) is 16.5. The number of methoxy groups -OCH3 is 2. The molecule has 0 saturated heterocycles. The minimum absolute atomic E-state index is 0.420. The molecule has 22 heavy (non-hydrogen) atoms. The van der Waals surface area contributed by atoms with Crippen LogP contribution in [0.4, 0.5) is 11.4 Å². The number of carbonyl (C=O) groups excluding carboxylic acids is 2. The number of benzene rings is 1. The lowest BCUT2D eigenvalue weighted by Gasteiger charge is -2.10. The van der Waals surface area contributed by atoms with Crippen LogP contribution in [0.2, 0.25) is 0 Å². The van der Waals surface area contributed by atoms with Crippen molar-refractivity contribution in [3.05, 3.63) is 47.8 Å². The molecule has 0 spiro atoms. The van der Waals surface area contributed by atoms with Crippen LogP contribution in [0.3, 0.4) is 0 Å². The van der Waals surface area contributed by atoms with Crippen LogP contribution < -0.4 is 10.6 Å². The minimum atomic E-state index is -0.420. The molecule has 1 rings (SSSR count). The number of nitrogens with one attached hydrogen (secondary N) is 2. The van der Waals surface area contributed by atoms with Crippen molar-refractivity contribution in [1.82, 2.24) is 0 Å². The quantitative estimate of drug-likeness (QED) is 0.621. The van der Waals surface area contributed by atoms with Crippen LogP contribution in [0, 0.1) is 0 Å². The van der Waals surface area contributed by atoms with Crippen molar-refractivity contribution in [2.75, 3.05) is 24.9 Å². The second kappa shape index (κ2) is 8.51. The molecule has 0 unspecified atom stereocenters. The number of anilines is 2. The van der Waals surface area contributed by atoms with Crippen LogP contribution in [0.1, 0.15) is 13.8 Å². The lowest BCUT2D eigenvalue weighted by atomic mass is 10.2. The van der Waals surface area contributed by atoms with E-state index in [1.807, 2.05) is 24.3 Å². The molecule has 0 bridgehead atoms. The molecule has 118 valence electrons. The summed E-state index contributed by atoms with van der Waals surface area (Å²) in [6, 6.07) is 7.42. The topological polar surface area (TPSA) is 76.7 Å². The Morgan fingerprint density at radius 1 is 0.909 bits per heavy atom. The highest BCUT2D eigenvalue weighted by atomic mass is 16.5. The van der Waals surface area contributed by atoms with Crippen molar-refractivity contribution in [1.29, 1.82) is 0 Å². The third-order valence-electron chi connectivity index (χ3n) is 2.62. The lowest BCUT2D eigenvalue weighted by molar-refractivity contribution is -0.135. The van der Waals surface area contributed by atoms with Crippen molar-refractivity contribution in [3.63, 3.8) is 0 Å². The fourth-order valence-corrected chi connectivity index (χ4v) is 1.67. The Kier molecular flexibility index (Phi) is 6.69. The molecular weight excluding hydrogens is 284 g/mol. The summed E-state index contributed by atoms with van der Waals surface area (Å²) < 4.78 is 9.13. The first-order valence-corrected chi connectivity index (χ1v) is 6.61. The Hall–Kier alpha value is -2.76. The molecule has 0 heterocycles. The molecule has 0 fully saturated rings. The number of allylic oxidation sites excluding steroid dienone is 2. The Bertz CT molecular complexity index is 557. The number of rotatable bonds is 6. The molecule has 1 aromatic rings. The van der Waals surface area contributed by atoms with Gasteiger partial charge >= 0.3 is 11.9 Å². The van der Waals surface area contributed by atoms with E-state index < -0.39 is 11.9 Å². The van der Waals surface area contributed by atoms with Crippen LogP contribution in [0.15, 0.2) is 47.8 Å². The first kappa shape index (κ1) is 17.3. The summed E-state index contributed by atoms with van der Waals surface area (Å²) in [6.07, 6.45) is 2.73. The van der Waals surface area contributed by atoms with E-state index in [9.17, 15) is 9.59 Å². The van der Waals surface area contributed by atoms with Gasteiger partial charge in [-0.25, -0.2) is 9.59 Å². The fraction of sp³-hybridized carbons (Fsp3) is 0.250. The molecule has 2 N–H and O–H groups in total. The predicted octanol–water partition coefficient (Wildman–Crippen LogP) is 2.66. The Labute approximate surface area is 129 Å². The van der Waals surface area contributed by atoms with E-state index in [1.165, 1.54) is 26.4 Å². The Balaban J connectivity index is 2.78. The molecular formula is C16H20N2O4. The zero-order valence-corrected chi connectivity index (χ0v) is 13.1. The highest BCUT2D eigenvalue weighted by Crippen LogP contribution is 2.18. The monoisotopic (exact) mass is 304 g/mol. The van der Waals surface area contributed by atoms with Crippen LogP contribution in [-0.4, -0.2) is 26.2 Å².